The Labute approximate surface area is 122 Å². The van der Waals surface area contributed by atoms with E-state index >= 15 is 0 Å². The summed E-state index contributed by atoms with van der Waals surface area (Å²) in [6.45, 7) is 8.11. The van der Waals surface area contributed by atoms with E-state index in [4.69, 9.17) is 0 Å². The molecular formula is C15H29N3O2. The summed E-state index contributed by atoms with van der Waals surface area (Å²) >= 11 is 0. The molecule has 1 rings (SSSR count). The van der Waals surface area contributed by atoms with Gasteiger partial charge in [-0.1, -0.05) is 13.8 Å². The summed E-state index contributed by atoms with van der Waals surface area (Å²) in [7, 11) is 0. The van der Waals surface area contributed by atoms with Crippen LogP contribution in [-0.4, -0.2) is 49.4 Å². The number of nitrogens with one attached hydrogen (secondary N) is 2. The highest BCUT2D eigenvalue weighted by Gasteiger charge is 2.26. The van der Waals surface area contributed by atoms with Crippen molar-refractivity contribution in [2.75, 3.05) is 32.7 Å². The van der Waals surface area contributed by atoms with Crippen molar-refractivity contribution in [3.05, 3.63) is 0 Å². The van der Waals surface area contributed by atoms with Gasteiger partial charge >= 0.3 is 0 Å². The van der Waals surface area contributed by atoms with Crippen LogP contribution in [0.15, 0.2) is 0 Å². The molecular weight excluding hydrogens is 254 g/mol. The predicted octanol–water partition coefficient (Wildman–Crippen LogP) is 1.14. The van der Waals surface area contributed by atoms with Crippen molar-refractivity contribution >= 4 is 11.8 Å². The van der Waals surface area contributed by atoms with Gasteiger partial charge in [-0.15, -0.1) is 0 Å². The van der Waals surface area contributed by atoms with Gasteiger partial charge in [0.2, 0.25) is 11.8 Å². The highest BCUT2D eigenvalue weighted by atomic mass is 16.2. The molecule has 0 bridgehead atoms. The highest BCUT2D eigenvalue weighted by molar-refractivity contribution is 5.80. The van der Waals surface area contributed by atoms with Crippen molar-refractivity contribution in [3.63, 3.8) is 0 Å². The van der Waals surface area contributed by atoms with Gasteiger partial charge < -0.3 is 15.5 Å². The molecule has 1 saturated heterocycles. The lowest BCUT2D eigenvalue weighted by Crippen LogP contribution is -2.44. The number of amides is 2. The maximum atomic E-state index is 12.0. The molecule has 2 amide bonds. The zero-order valence-corrected chi connectivity index (χ0v) is 12.9. The summed E-state index contributed by atoms with van der Waals surface area (Å²) in [5, 5.41) is 6.24. The molecule has 0 unspecified atom stereocenters. The second-order valence-electron chi connectivity index (χ2n) is 5.45. The zero-order valence-electron chi connectivity index (χ0n) is 12.9. The van der Waals surface area contributed by atoms with Gasteiger partial charge in [-0.25, -0.2) is 0 Å². The highest BCUT2D eigenvalue weighted by Crippen LogP contribution is 2.18. The summed E-state index contributed by atoms with van der Waals surface area (Å²) in [5.74, 6) is 0.452. The van der Waals surface area contributed by atoms with E-state index in [0.717, 1.165) is 51.9 Å². The van der Waals surface area contributed by atoms with E-state index < -0.39 is 0 Å². The van der Waals surface area contributed by atoms with Gasteiger partial charge in [-0.05, 0) is 32.2 Å². The Hall–Kier alpha value is -1.10. The van der Waals surface area contributed by atoms with E-state index in [1.807, 2.05) is 11.8 Å². The van der Waals surface area contributed by atoms with E-state index in [-0.39, 0.29) is 17.7 Å². The van der Waals surface area contributed by atoms with Crippen LogP contribution in [0, 0.1) is 5.92 Å². The Morgan fingerprint density at radius 3 is 2.35 bits per heavy atom. The van der Waals surface area contributed by atoms with Gasteiger partial charge in [0, 0.05) is 38.5 Å². The molecule has 0 aromatic rings. The number of likely N-dealkylation sites (tertiary alicyclic amines) is 1. The topological polar surface area (TPSA) is 61.4 Å². The average Bonchev–Trinajstić information content (AvgIpc) is 2.47. The first kappa shape index (κ1) is 17.0. The van der Waals surface area contributed by atoms with Crippen molar-refractivity contribution in [2.24, 2.45) is 5.92 Å². The third-order valence-corrected chi connectivity index (χ3v) is 3.71. The Morgan fingerprint density at radius 2 is 1.75 bits per heavy atom. The second kappa shape index (κ2) is 9.75. The minimum Gasteiger partial charge on any atom is -0.355 e. The van der Waals surface area contributed by atoms with Gasteiger partial charge in [-0.3, -0.25) is 9.59 Å². The molecule has 1 heterocycles. The SMILES string of the molecule is CCCNCCNC(=O)C1CCN(C(=O)CCC)CC1. The molecule has 0 aromatic carbocycles. The third-order valence-electron chi connectivity index (χ3n) is 3.71. The molecule has 0 saturated carbocycles. The second-order valence-corrected chi connectivity index (χ2v) is 5.45. The maximum absolute atomic E-state index is 12.0. The monoisotopic (exact) mass is 283 g/mol. The zero-order chi connectivity index (χ0) is 14.8. The van der Waals surface area contributed by atoms with E-state index in [1.165, 1.54) is 0 Å². The molecule has 0 atom stereocenters. The lowest BCUT2D eigenvalue weighted by molar-refractivity contribution is -0.135. The number of carbonyl (C=O) groups excluding carboxylic acids is 2. The van der Waals surface area contributed by atoms with Gasteiger partial charge in [0.15, 0.2) is 0 Å². The van der Waals surface area contributed by atoms with Crippen LogP contribution < -0.4 is 10.6 Å². The molecule has 5 nitrogen and oxygen atoms in total. The lowest BCUT2D eigenvalue weighted by atomic mass is 9.95. The van der Waals surface area contributed by atoms with Crippen molar-refractivity contribution < 1.29 is 9.59 Å². The predicted molar refractivity (Wildman–Crippen MR) is 80.4 cm³/mol. The average molecular weight is 283 g/mol. The van der Waals surface area contributed by atoms with Crippen LogP contribution in [0.3, 0.4) is 0 Å². The van der Waals surface area contributed by atoms with E-state index in [1.54, 1.807) is 0 Å². The standard InChI is InChI=1S/C15H29N3O2/c1-3-5-14(19)18-11-6-13(7-12-18)15(20)17-10-9-16-8-4-2/h13,16H,3-12H2,1-2H3,(H,17,20). The first-order valence-corrected chi connectivity index (χ1v) is 7.95. The van der Waals surface area contributed by atoms with Crippen LogP contribution in [0.25, 0.3) is 0 Å². The first-order chi connectivity index (χ1) is 9.69. The quantitative estimate of drug-likeness (QED) is 0.657. The molecule has 116 valence electrons. The summed E-state index contributed by atoms with van der Waals surface area (Å²) in [5.41, 5.74) is 0. The minimum absolute atomic E-state index is 0.0758. The van der Waals surface area contributed by atoms with E-state index in [9.17, 15) is 9.59 Å². The van der Waals surface area contributed by atoms with Crippen LogP contribution in [0.4, 0.5) is 0 Å². The van der Waals surface area contributed by atoms with Gasteiger partial charge in [0.25, 0.3) is 0 Å². The number of piperidine rings is 1. The molecule has 1 fully saturated rings. The fraction of sp³-hybridized carbons (Fsp3) is 0.867. The normalized spacial score (nSPS) is 16.2. The molecule has 0 aromatic heterocycles. The van der Waals surface area contributed by atoms with Gasteiger partial charge in [0.1, 0.15) is 0 Å². The third kappa shape index (κ3) is 5.90. The van der Waals surface area contributed by atoms with Crippen LogP contribution >= 0.6 is 0 Å². The van der Waals surface area contributed by atoms with Crippen LogP contribution in [0.2, 0.25) is 0 Å². The summed E-state index contributed by atoms with van der Waals surface area (Å²) in [4.78, 5) is 25.7. The molecule has 0 aliphatic carbocycles. The minimum atomic E-state index is 0.0758. The smallest absolute Gasteiger partial charge is 0.223 e. The van der Waals surface area contributed by atoms with Crippen LogP contribution in [0.1, 0.15) is 46.0 Å². The fourth-order valence-corrected chi connectivity index (χ4v) is 2.48. The number of hydrogen-bond acceptors (Lipinski definition) is 3. The lowest BCUT2D eigenvalue weighted by Gasteiger charge is -2.31. The maximum Gasteiger partial charge on any atom is 0.223 e. The van der Waals surface area contributed by atoms with Crippen LogP contribution in [-0.2, 0) is 9.59 Å². The first-order valence-electron chi connectivity index (χ1n) is 7.95. The van der Waals surface area contributed by atoms with E-state index in [2.05, 4.69) is 17.6 Å². The summed E-state index contributed by atoms with van der Waals surface area (Å²) < 4.78 is 0. The summed E-state index contributed by atoms with van der Waals surface area (Å²) in [6, 6.07) is 0. The molecule has 0 spiro atoms. The number of carbonyl (C=O) groups is 2. The van der Waals surface area contributed by atoms with Crippen molar-refractivity contribution in [1.29, 1.82) is 0 Å². The molecule has 20 heavy (non-hydrogen) atoms. The molecule has 1 aliphatic heterocycles. The number of nitrogens with zero attached hydrogens (tertiary/aromatic N) is 1. The molecule has 5 heteroatoms. The molecule has 1 aliphatic rings. The number of hydrogen-bond donors (Lipinski definition) is 2. The molecule has 0 radical (unpaired) electrons. The van der Waals surface area contributed by atoms with Crippen molar-refractivity contribution in [3.8, 4) is 0 Å². The largest absolute Gasteiger partial charge is 0.355 e. The van der Waals surface area contributed by atoms with Gasteiger partial charge in [0.05, 0.1) is 0 Å². The Morgan fingerprint density at radius 1 is 1.05 bits per heavy atom. The van der Waals surface area contributed by atoms with Gasteiger partial charge in [-0.2, -0.15) is 0 Å². The Balaban J connectivity index is 2.17. The van der Waals surface area contributed by atoms with Crippen molar-refractivity contribution in [1.82, 2.24) is 15.5 Å². The van der Waals surface area contributed by atoms with Crippen molar-refractivity contribution in [2.45, 2.75) is 46.0 Å². The Kier molecular flexibility index (Phi) is 8.26. The fourth-order valence-electron chi connectivity index (χ4n) is 2.48. The van der Waals surface area contributed by atoms with E-state index in [0.29, 0.717) is 13.0 Å². The number of rotatable bonds is 8. The summed E-state index contributed by atoms with van der Waals surface area (Å²) in [6.07, 6.45) is 4.22. The molecule has 2 N–H and O–H groups in total. The van der Waals surface area contributed by atoms with Crippen LogP contribution in [0.5, 0.6) is 0 Å². The Bertz CT molecular complexity index is 299.